The summed E-state index contributed by atoms with van der Waals surface area (Å²) >= 11 is 1.36. The Bertz CT molecular complexity index is 1570. The molecule has 0 radical (unpaired) electrons. The molecule has 7 N–H and O–H groups in total. The van der Waals surface area contributed by atoms with E-state index in [1.165, 1.54) is 17.8 Å². The quantitative estimate of drug-likeness (QED) is 0.0859. The van der Waals surface area contributed by atoms with E-state index in [1.807, 2.05) is 39.8 Å². The fourth-order valence-corrected chi connectivity index (χ4v) is 7.60. The second-order valence-corrected chi connectivity index (χ2v) is 13.4. The van der Waals surface area contributed by atoms with Crippen LogP contribution in [0.3, 0.4) is 0 Å². The highest BCUT2D eigenvalue weighted by atomic mass is 32.2. The zero-order valence-corrected chi connectivity index (χ0v) is 26.3. The van der Waals surface area contributed by atoms with Gasteiger partial charge in [0.2, 0.25) is 5.91 Å². The Morgan fingerprint density at radius 3 is 2.36 bits per heavy atom. The molecule has 0 aliphatic carbocycles. The van der Waals surface area contributed by atoms with Gasteiger partial charge < -0.3 is 36.3 Å². The van der Waals surface area contributed by atoms with E-state index in [9.17, 15) is 29.7 Å². The first-order valence-corrected chi connectivity index (χ1v) is 16.1. The van der Waals surface area contributed by atoms with Crippen LogP contribution >= 0.6 is 0 Å². The molecule has 10 nitrogen and oxygen atoms in total. The van der Waals surface area contributed by atoms with Crippen LogP contribution in [-0.2, 0) is 32.6 Å². The minimum absolute atomic E-state index is 0.0244. The zero-order valence-electron chi connectivity index (χ0n) is 25.5. The highest BCUT2D eigenvalue weighted by Gasteiger charge is 2.52. The number of carboxylic acid groups (broad SMARTS) is 1. The fraction of sp³-hybridized carbons (Fsp3) is 0.424. The summed E-state index contributed by atoms with van der Waals surface area (Å²) in [6.07, 6.45) is 7.97. The van der Waals surface area contributed by atoms with E-state index in [0.29, 0.717) is 23.7 Å². The molecule has 2 fully saturated rings. The van der Waals surface area contributed by atoms with Crippen LogP contribution in [0.5, 0.6) is 0 Å². The van der Waals surface area contributed by atoms with Crippen LogP contribution in [0.2, 0.25) is 0 Å². The normalized spacial score (nSPS) is 28.0. The molecule has 1 aromatic heterocycles. The largest absolute Gasteiger partial charge is 0.481 e. The Balaban J connectivity index is 1.52. The Morgan fingerprint density at radius 2 is 1.75 bits per heavy atom. The summed E-state index contributed by atoms with van der Waals surface area (Å²) in [5, 5.41) is 38.7. The number of aromatic amines is 1. The van der Waals surface area contributed by atoms with Crippen LogP contribution in [0.25, 0.3) is 12.2 Å². The minimum Gasteiger partial charge on any atom is -0.481 e. The number of H-pyrrole nitrogens is 1. The van der Waals surface area contributed by atoms with Gasteiger partial charge in [0.15, 0.2) is 11.0 Å². The van der Waals surface area contributed by atoms with Crippen LogP contribution in [-0.4, -0.2) is 61.2 Å². The van der Waals surface area contributed by atoms with Gasteiger partial charge in [-0.05, 0) is 91.8 Å². The summed E-state index contributed by atoms with van der Waals surface area (Å²) in [6.45, 7) is 11.6. The monoisotopic (exact) mass is 621 g/mol. The number of hydrogen-bond donors (Lipinski definition) is 7. The Hall–Kier alpha value is -4.12. The van der Waals surface area contributed by atoms with Gasteiger partial charge >= 0.3 is 5.97 Å². The molecule has 4 aliphatic heterocycles. The van der Waals surface area contributed by atoms with Gasteiger partial charge in [0, 0.05) is 52.8 Å². The molecule has 0 saturated carbocycles. The van der Waals surface area contributed by atoms with Crippen LogP contribution in [0.15, 0.2) is 58.4 Å². The third-order valence-electron chi connectivity index (χ3n) is 9.33. The van der Waals surface area contributed by atoms with Crippen LogP contribution in [0.4, 0.5) is 0 Å². The minimum atomic E-state index is -0.895. The van der Waals surface area contributed by atoms with E-state index < -0.39 is 11.9 Å². The Labute approximate surface area is 261 Å². The summed E-state index contributed by atoms with van der Waals surface area (Å²) in [4.78, 5) is 40.0. The third-order valence-corrected chi connectivity index (χ3v) is 10.4. The van der Waals surface area contributed by atoms with Gasteiger partial charge in [-0.25, -0.2) is 0 Å². The van der Waals surface area contributed by atoms with Gasteiger partial charge in [0.1, 0.15) is 0 Å². The maximum atomic E-state index is 12.6. The van der Waals surface area contributed by atoms with Crippen molar-refractivity contribution in [1.82, 2.24) is 20.9 Å². The van der Waals surface area contributed by atoms with Crippen molar-refractivity contribution in [3.05, 3.63) is 80.9 Å². The van der Waals surface area contributed by atoms with E-state index in [-0.39, 0.29) is 48.6 Å². The number of nitrogens with one attached hydrogen (secondary N) is 4. The lowest BCUT2D eigenvalue weighted by molar-refractivity contribution is -0.137. The maximum absolute atomic E-state index is 12.6. The van der Waals surface area contributed by atoms with Crippen molar-refractivity contribution in [3.63, 3.8) is 0 Å². The van der Waals surface area contributed by atoms with E-state index in [2.05, 4.69) is 27.5 Å². The van der Waals surface area contributed by atoms with Crippen molar-refractivity contribution in [3.8, 4) is 0 Å². The predicted molar refractivity (Wildman–Crippen MR) is 173 cm³/mol. The van der Waals surface area contributed by atoms with Crippen molar-refractivity contribution in [2.45, 2.75) is 70.7 Å². The average Bonchev–Trinajstić information content (AvgIpc) is 3.53. The first-order chi connectivity index (χ1) is 20.9. The maximum Gasteiger partial charge on any atom is 0.303 e. The lowest BCUT2D eigenvalue weighted by Gasteiger charge is -2.20. The summed E-state index contributed by atoms with van der Waals surface area (Å²) in [5.41, 5.74) is 8.42. The van der Waals surface area contributed by atoms with Gasteiger partial charge in [-0.2, -0.15) is 0 Å². The molecule has 0 bridgehead atoms. The van der Waals surface area contributed by atoms with Crippen LogP contribution in [0, 0.1) is 18.8 Å². The van der Waals surface area contributed by atoms with Crippen molar-refractivity contribution in [2.75, 3.05) is 5.75 Å². The summed E-state index contributed by atoms with van der Waals surface area (Å²) in [5.74, 6) is -0.658. The number of carbonyl (C=O) groups is 3. The molecule has 234 valence electrons. The summed E-state index contributed by atoms with van der Waals surface area (Å²) < 4.78 is 0. The number of rotatable bonds is 11. The molecule has 5 heterocycles. The molecular weight excluding hydrogens is 580 g/mol. The van der Waals surface area contributed by atoms with Crippen molar-refractivity contribution in [1.29, 1.82) is 0 Å². The van der Waals surface area contributed by atoms with Crippen molar-refractivity contribution in [2.24, 2.45) is 11.8 Å². The second-order valence-electron chi connectivity index (χ2n) is 12.0. The molecular formula is C33H41N4O6S+. The number of aromatic nitrogens is 1. The molecule has 5 atom stereocenters. The number of amides is 2. The molecule has 4 aliphatic rings. The van der Waals surface area contributed by atoms with Crippen LogP contribution in [0.1, 0.15) is 62.5 Å². The van der Waals surface area contributed by atoms with Crippen LogP contribution < -0.4 is 16.0 Å². The number of hydrogen-bond acceptors (Lipinski definition) is 6. The number of aliphatic carboxylic acids is 1. The predicted octanol–water partition coefficient (Wildman–Crippen LogP) is 3.63. The lowest BCUT2D eigenvalue weighted by atomic mass is 9.91. The van der Waals surface area contributed by atoms with E-state index in [1.54, 1.807) is 6.08 Å². The highest BCUT2D eigenvalue weighted by Crippen LogP contribution is 2.39. The van der Waals surface area contributed by atoms with Gasteiger partial charge in [0.05, 0.1) is 12.0 Å². The standard InChI is InChI=1S/C33H40N4O6S/c1-6-19-15(2)24(36-33(19)43)11-22-16(3)20(7-9-29(38)39)25(34-22)13-26-21(8-10-30(40)41)17(4)23(35-26)12-27-31(28-14-44-28)18(5)32(42)37-27/h6,9,12-13,18,22,24,28,31,34-35,38-39H,1,7-8,10-11,14H2,2-5H3,(H,36,43)(H,37,42)(H,40,41)/p+1/b25-13-,27-12-/t18-,22?,24-,28+,31-/m1/s1. The number of aliphatic hydroxyl groups is 2. The molecule has 0 aromatic carbocycles. The number of aliphatic hydroxyl groups excluding tert-OH is 1. The van der Waals surface area contributed by atoms with Crippen molar-refractivity contribution < 1.29 is 29.7 Å². The highest BCUT2D eigenvalue weighted by molar-refractivity contribution is 7.86. The topological polar surface area (TPSA) is 164 Å². The van der Waals surface area contributed by atoms with Gasteiger partial charge in [0.25, 0.3) is 11.9 Å². The zero-order chi connectivity index (χ0) is 31.9. The molecule has 5 rings (SSSR count). The molecule has 2 amide bonds. The van der Waals surface area contributed by atoms with Gasteiger partial charge in [-0.15, -0.1) is 0 Å². The van der Waals surface area contributed by atoms with Gasteiger partial charge in [-0.1, -0.05) is 19.6 Å². The smallest absolute Gasteiger partial charge is 0.303 e. The van der Waals surface area contributed by atoms with Gasteiger partial charge in [-0.3, -0.25) is 14.4 Å². The third kappa shape index (κ3) is 6.24. The Morgan fingerprint density at radius 1 is 1.05 bits per heavy atom. The SMILES string of the molecule is C=CC1=C(C)[C@@H](CC2N/C(=C\c3[nH]c(/C=C4\NC(=O)[C@H](C)[C@H]4[C@@H]4C[SH+]4)c(C)c3CCC(=O)O)C(CC=C(O)O)=C2C)NC1=O. The fourth-order valence-electron chi connectivity index (χ4n) is 6.60. The lowest BCUT2D eigenvalue weighted by Crippen LogP contribution is -2.36. The second kappa shape index (κ2) is 12.5. The number of allylic oxidation sites excluding steroid dienone is 3. The molecule has 1 unspecified atom stereocenters. The number of carboxylic acids is 1. The van der Waals surface area contributed by atoms with Crippen molar-refractivity contribution >= 4 is 41.7 Å². The number of thiol groups is 1. The summed E-state index contributed by atoms with van der Waals surface area (Å²) in [6, 6.07) is -0.311. The molecule has 0 spiro atoms. The first-order valence-electron chi connectivity index (χ1n) is 14.9. The summed E-state index contributed by atoms with van der Waals surface area (Å²) in [7, 11) is 0. The first kappa shape index (κ1) is 31.3. The average molecular weight is 622 g/mol. The van der Waals surface area contributed by atoms with E-state index in [4.69, 9.17) is 0 Å². The molecule has 11 heteroatoms. The molecule has 44 heavy (non-hydrogen) atoms. The number of carbonyl (C=O) groups excluding carboxylic acids is 2. The van der Waals surface area contributed by atoms with E-state index in [0.717, 1.165) is 56.4 Å². The molecule has 1 aromatic rings. The Kier molecular flexibility index (Phi) is 8.88. The van der Waals surface area contributed by atoms with E-state index >= 15 is 0 Å². The molecule has 2 saturated heterocycles.